The van der Waals surface area contributed by atoms with E-state index in [-0.39, 0.29) is 0 Å². The van der Waals surface area contributed by atoms with E-state index in [1.165, 1.54) is 5.57 Å². The van der Waals surface area contributed by atoms with Crippen molar-refractivity contribution in [3.8, 4) is 0 Å². The molecule has 0 amide bonds. The SMILES string of the molecule is C=C(CNC)CN1CCCC(C)(O)CC1. The van der Waals surface area contributed by atoms with Gasteiger partial charge in [0, 0.05) is 19.6 Å². The van der Waals surface area contributed by atoms with E-state index in [1.54, 1.807) is 0 Å². The third-order valence-corrected chi connectivity index (χ3v) is 3.03. The molecule has 2 N–H and O–H groups in total. The van der Waals surface area contributed by atoms with E-state index >= 15 is 0 Å². The molecule has 1 rings (SSSR count). The van der Waals surface area contributed by atoms with Crippen LogP contribution >= 0.6 is 0 Å². The number of hydrogen-bond acceptors (Lipinski definition) is 3. The van der Waals surface area contributed by atoms with Crippen molar-refractivity contribution in [3.05, 3.63) is 12.2 Å². The fourth-order valence-electron chi connectivity index (χ4n) is 2.10. The maximum atomic E-state index is 9.95. The van der Waals surface area contributed by atoms with Gasteiger partial charge in [0.15, 0.2) is 0 Å². The standard InChI is InChI=1S/C12H24N2O/c1-11(9-13-3)10-14-7-4-5-12(2,15)6-8-14/h13,15H,1,4-10H2,2-3H3. The van der Waals surface area contributed by atoms with Crippen LogP contribution in [0, 0.1) is 0 Å². The number of nitrogens with one attached hydrogen (secondary N) is 1. The van der Waals surface area contributed by atoms with Crippen LogP contribution in [0.3, 0.4) is 0 Å². The maximum Gasteiger partial charge on any atom is 0.0632 e. The van der Waals surface area contributed by atoms with Crippen LogP contribution in [0.25, 0.3) is 0 Å². The van der Waals surface area contributed by atoms with Crippen molar-refractivity contribution in [2.45, 2.75) is 31.8 Å². The van der Waals surface area contributed by atoms with Gasteiger partial charge >= 0.3 is 0 Å². The zero-order chi connectivity index (χ0) is 11.3. The fourth-order valence-corrected chi connectivity index (χ4v) is 2.10. The Morgan fingerprint density at radius 2 is 2.20 bits per heavy atom. The topological polar surface area (TPSA) is 35.5 Å². The molecule has 88 valence electrons. The van der Waals surface area contributed by atoms with Crippen LogP contribution in [0.15, 0.2) is 12.2 Å². The highest BCUT2D eigenvalue weighted by Crippen LogP contribution is 2.21. The molecule has 0 aromatic rings. The third-order valence-electron chi connectivity index (χ3n) is 3.03. The molecule has 0 aromatic heterocycles. The first-order valence-corrected chi connectivity index (χ1v) is 5.79. The third kappa shape index (κ3) is 4.78. The predicted octanol–water partition coefficient (Wildman–Crippen LogP) is 0.999. The van der Waals surface area contributed by atoms with Crippen LogP contribution in [0.1, 0.15) is 26.2 Å². The molecule has 1 saturated heterocycles. The summed E-state index contributed by atoms with van der Waals surface area (Å²) in [7, 11) is 1.94. The van der Waals surface area contributed by atoms with Gasteiger partial charge in [0.2, 0.25) is 0 Å². The number of rotatable bonds is 4. The summed E-state index contributed by atoms with van der Waals surface area (Å²) in [6.07, 6.45) is 2.88. The van der Waals surface area contributed by atoms with Crippen molar-refractivity contribution in [2.24, 2.45) is 0 Å². The number of likely N-dealkylation sites (N-methyl/N-ethyl adjacent to an activating group) is 1. The van der Waals surface area contributed by atoms with Crippen LogP contribution in [-0.2, 0) is 0 Å². The first-order valence-electron chi connectivity index (χ1n) is 5.79. The molecular weight excluding hydrogens is 188 g/mol. The Morgan fingerprint density at radius 1 is 1.47 bits per heavy atom. The van der Waals surface area contributed by atoms with Crippen molar-refractivity contribution in [1.29, 1.82) is 0 Å². The smallest absolute Gasteiger partial charge is 0.0632 e. The van der Waals surface area contributed by atoms with Crippen molar-refractivity contribution >= 4 is 0 Å². The summed E-state index contributed by atoms with van der Waals surface area (Å²) >= 11 is 0. The van der Waals surface area contributed by atoms with Crippen LogP contribution in [0.2, 0.25) is 0 Å². The zero-order valence-corrected chi connectivity index (χ0v) is 10.1. The summed E-state index contributed by atoms with van der Waals surface area (Å²) in [6.45, 7) is 9.88. The highest BCUT2D eigenvalue weighted by Gasteiger charge is 2.24. The van der Waals surface area contributed by atoms with Gasteiger partial charge in [-0.3, -0.25) is 4.90 Å². The molecule has 3 heteroatoms. The van der Waals surface area contributed by atoms with Gasteiger partial charge in [-0.05, 0) is 45.4 Å². The van der Waals surface area contributed by atoms with E-state index in [0.717, 1.165) is 45.4 Å². The van der Waals surface area contributed by atoms with E-state index in [4.69, 9.17) is 0 Å². The lowest BCUT2D eigenvalue weighted by Gasteiger charge is -2.23. The first-order chi connectivity index (χ1) is 7.03. The lowest BCUT2D eigenvalue weighted by Crippen LogP contribution is -2.31. The zero-order valence-electron chi connectivity index (χ0n) is 10.1. The van der Waals surface area contributed by atoms with Crippen molar-refractivity contribution in [2.75, 3.05) is 33.2 Å². The molecule has 0 spiro atoms. The molecule has 0 bridgehead atoms. The van der Waals surface area contributed by atoms with E-state index in [2.05, 4.69) is 16.8 Å². The second-order valence-electron chi connectivity index (χ2n) is 4.91. The molecule has 1 heterocycles. The highest BCUT2D eigenvalue weighted by atomic mass is 16.3. The van der Waals surface area contributed by atoms with Crippen LogP contribution in [0.5, 0.6) is 0 Å². The van der Waals surface area contributed by atoms with Gasteiger partial charge in [-0.15, -0.1) is 0 Å². The Morgan fingerprint density at radius 3 is 2.87 bits per heavy atom. The number of aliphatic hydroxyl groups is 1. The Labute approximate surface area is 93.2 Å². The normalized spacial score (nSPS) is 28.7. The van der Waals surface area contributed by atoms with Gasteiger partial charge in [-0.1, -0.05) is 6.58 Å². The van der Waals surface area contributed by atoms with Crippen LogP contribution in [-0.4, -0.2) is 48.8 Å². The fraction of sp³-hybridized carbons (Fsp3) is 0.833. The van der Waals surface area contributed by atoms with Crippen molar-refractivity contribution in [1.82, 2.24) is 10.2 Å². The summed E-state index contributed by atoms with van der Waals surface area (Å²) in [6, 6.07) is 0. The Balaban J connectivity index is 2.34. The van der Waals surface area contributed by atoms with Gasteiger partial charge in [-0.2, -0.15) is 0 Å². The molecule has 15 heavy (non-hydrogen) atoms. The molecular formula is C12H24N2O. The minimum absolute atomic E-state index is 0.459. The van der Waals surface area contributed by atoms with E-state index < -0.39 is 5.60 Å². The van der Waals surface area contributed by atoms with Crippen LogP contribution < -0.4 is 5.32 Å². The minimum atomic E-state index is -0.459. The molecule has 0 saturated carbocycles. The van der Waals surface area contributed by atoms with E-state index in [9.17, 15) is 5.11 Å². The first kappa shape index (κ1) is 12.7. The van der Waals surface area contributed by atoms with Gasteiger partial charge in [-0.25, -0.2) is 0 Å². The Kier molecular flexibility index (Phi) is 4.77. The van der Waals surface area contributed by atoms with Crippen molar-refractivity contribution in [3.63, 3.8) is 0 Å². The van der Waals surface area contributed by atoms with Gasteiger partial charge in [0.25, 0.3) is 0 Å². The summed E-state index contributed by atoms with van der Waals surface area (Å²) in [5.41, 5.74) is 0.762. The Bertz CT molecular complexity index is 214. The van der Waals surface area contributed by atoms with Gasteiger partial charge in [0.1, 0.15) is 0 Å². The number of hydrogen-bond donors (Lipinski definition) is 2. The molecule has 1 aliphatic rings. The number of nitrogens with zero attached hydrogens (tertiary/aromatic N) is 1. The molecule has 1 aliphatic heterocycles. The average Bonchev–Trinajstić information content (AvgIpc) is 2.28. The second-order valence-corrected chi connectivity index (χ2v) is 4.91. The average molecular weight is 212 g/mol. The highest BCUT2D eigenvalue weighted by molar-refractivity contribution is 5.00. The lowest BCUT2D eigenvalue weighted by molar-refractivity contribution is 0.0449. The molecule has 3 nitrogen and oxygen atoms in total. The summed E-state index contributed by atoms with van der Waals surface area (Å²) in [4.78, 5) is 2.39. The monoisotopic (exact) mass is 212 g/mol. The quantitative estimate of drug-likeness (QED) is 0.682. The van der Waals surface area contributed by atoms with Crippen molar-refractivity contribution < 1.29 is 5.11 Å². The molecule has 0 aliphatic carbocycles. The molecule has 1 unspecified atom stereocenters. The lowest BCUT2D eigenvalue weighted by atomic mass is 9.98. The molecule has 0 aromatic carbocycles. The van der Waals surface area contributed by atoms with E-state index in [1.807, 2.05) is 14.0 Å². The molecule has 1 fully saturated rings. The van der Waals surface area contributed by atoms with Gasteiger partial charge in [0.05, 0.1) is 5.60 Å². The summed E-state index contributed by atoms with van der Waals surface area (Å²) in [5, 5.41) is 13.1. The second kappa shape index (κ2) is 5.64. The summed E-state index contributed by atoms with van der Waals surface area (Å²) in [5.74, 6) is 0. The predicted molar refractivity (Wildman–Crippen MR) is 64.0 cm³/mol. The summed E-state index contributed by atoms with van der Waals surface area (Å²) < 4.78 is 0. The number of likely N-dealkylation sites (tertiary alicyclic amines) is 1. The Hall–Kier alpha value is -0.380. The van der Waals surface area contributed by atoms with E-state index in [0.29, 0.717) is 0 Å². The van der Waals surface area contributed by atoms with Gasteiger partial charge < -0.3 is 10.4 Å². The maximum absolute atomic E-state index is 9.95. The molecule has 0 radical (unpaired) electrons. The minimum Gasteiger partial charge on any atom is -0.390 e. The van der Waals surface area contributed by atoms with Crippen LogP contribution in [0.4, 0.5) is 0 Å². The molecule has 1 atom stereocenters. The largest absolute Gasteiger partial charge is 0.390 e.